The lowest BCUT2D eigenvalue weighted by atomic mass is 9.84. The Kier molecular flexibility index (Phi) is 5.98. The summed E-state index contributed by atoms with van der Waals surface area (Å²) in [7, 11) is 0. The molecule has 0 aromatic heterocycles. The van der Waals surface area contributed by atoms with E-state index in [-0.39, 0.29) is 36.2 Å². The summed E-state index contributed by atoms with van der Waals surface area (Å²) in [6.45, 7) is 0.581. The van der Waals surface area contributed by atoms with Crippen LogP contribution in [0.5, 0.6) is 0 Å². The molecule has 0 heterocycles. The number of amides is 1. The molecule has 1 aromatic rings. The minimum Gasteiger partial charge on any atom is -0.353 e. The van der Waals surface area contributed by atoms with Crippen molar-refractivity contribution in [1.29, 1.82) is 0 Å². The molecule has 1 aromatic carbocycles. The number of rotatable bonds is 4. The minimum absolute atomic E-state index is 0. The van der Waals surface area contributed by atoms with Gasteiger partial charge in [-0.1, -0.05) is 25.0 Å². The third-order valence-electron chi connectivity index (χ3n) is 5.05. The van der Waals surface area contributed by atoms with Crippen molar-refractivity contribution in [3.05, 3.63) is 35.4 Å². The summed E-state index contributed by atoms with van der Waals surface area (Å²) in [5.74, 6) is -1.81. The molecule has 2 aliphatic carbocycles. The summed E-state index contributed by atoms with van der Waals surface area (Å²) in [6.07, 6.45) is 4.86. The van der Waals surface area contributed by atoms with Gasteiger partial charge in [-0.15, -0.1) is 12.4 Å². The van der Waals surface area contributed by atoms with Crippen molar-refractivity contribution in [2.24, 2.45) is 17.6 Å². The Labute approximate surface area is 141 Å². The highest BCUT2D eigenvalue weighted by molar-refractivity contribution is 5.85. The first kappa shape index (κ1) is 18.1. The third-order valence-corrected chi connectivity index (χ3v) is 5.05. The maximum atomic E-state index is 13.8. The second-order valence-electron chi connectivity index (χ2n) is 6.49. The van der Waals surface area contributed by atoms with Gasteiger partial charge < -0.3 is 11.1 Å². The number of carbonyl (C=O) groups is 1. The van der Waals surface area contributed by atoms with Crippen LogP contribution in [0.25, 0.3) is 0 Å². The zero-order valence-corrected chi connectivity index (χ0v) is 13.8. The molecular weight excluding hydrogens is 322 g/mol. The van der Waals surface area contributed by atoms with Crippen LogP contribution in [0.4, 0.5) is 8.78 Å². The van der Waals surface area contributed by atoms with Crippen molar-refractivity contribution < 1.29 is 13.6 Å². The van der Waals surface area contributed by atoms with Gasteiger partial charge in [-0.25, -0.2) is 8.78 Å². The quantitative estimate of drug-likeness (QED) is 0.881. The zero-order valence-electron chi connectivity index (χ0n) is 12.9. The van der Waals surface area contributed by atoms with Crippen molar-refractivity contribution in [3.63, 3.8) is 0 Å². The highest BCUT2D eigenvalue weighted by Crippen LogP contribution is 2.48. The Balaban J connectivity index is 0.00000192. The van der Waals surface area contributed by atoms with Gasteiger partial charge in [-0.2, -0.15) is 0 Å². The van der Waals surface area contributed by atoms with E-state index in [9.17, 15) is 13.6 Å². The van der Waals surface area contributed by atoms with Gasteiger partial charge in [-0.05, 0) is 49.3 Å². The molecule has 0 aliphatic heterocycles. The second kappa shape index (κ2) is 7.58. The summed E-state index contributed by atoms with van der Waals surface area (Å²) in [6, 6.07) is 4.29. The highest BCUT2D eigenvalue weighted by Gasteiger charge is 2.46. The summed E-state index contributed by atoms with van der Waals surface area (Å²) in [5, 5.41) is 3.08. The lowest BCUT2D eigenvalue weighted by Gasteiger charge is -2.31. The van der Waals surface area contributed by atoms with E-state index in [2.05, 4.69) is 5.32 Å². The van der Waals surface area contributed by atoms with Crippen molar-refractivity contribution in [2.75, 3.05) is 6.54 Å². The molecule has 0 bridgehead atoms. The number of hydrogen-bond acceptors (Lipinski definition) is 2. The van der Waals surface area contributed by atoms with Crippen LogP contribution in [0.15, 0.2) is 18.2 Å². The number of benzene rings is 1. The molecule has 128 valence electrons. The Morgan fingerprint density at radius 3 is 2.74 bits per heavy atom. The van der Waals surface area contributed by atoms with E-state index in [0.717, 1.165) is 31.7 Å². The molecule has 0 radical (unpaired) electrons. The fraction of sp³-hybridized carbons (Fsp3) is 0.588. The number of hydrogen-bond donors (Lipinski definition) is 2. The minimum atomic E-state index is -0.848. The van der Waals surface area contributed by atoms with Crippen LogP contribution in [-0.2, 0) is 4.79 Å². The van der Waals surface area contributed by atoms with Crippen molar-refractivity contribution in [3.8, 4) is 0 Å². The monoisotopic (exact) mass is 344 g/mol. The van der Waals surface area contributed by atoms with Crippen molar-refractivity contribution in [1.82, 2.24) is 5.32 Å². The van der Waals surface area contributed by atoms with Gasteiger partial charge >= 0.3 is 0 Å². The fourth-order valence-electron chi connectivity index (χ4n) is 3.60. The molecular formula is C17H23ClF2N2O. The van der Waals surface area contributed by atoms with Gasteiger partial charge in [-0.3, -0.25) is 4.79 Å². The Morgan fingerprint density at radius 1 is 1.26 bits per heavy atom. The predicted molar refractivity (Wildman–Crippen MR) is 87.4 cm³/mol. The summed E-state index contributed by atoms with van der Waals surface area (Å²) >= 11 is 0. The maximum Gasteiger partial charge on any atom is 0.223 e. The molecule has 0 spiro atoms. The van der Waals surface area contributed by atoms with Gasteiger partial charge in [0, 0.05) is 12.0 Å². The second-order valence-corrected chi connectivity index (χ2v) is 6.49. The number of halogens is 3. The smallest absolute Gasteiger partial charge is 0.223 e. The first-order chi connectivity index (χ1) is 10.6. The number of nitrogens with one attached hydrogen (secondary N) is 1. The lowest BCUT2D eigenvalue weighted by Crippen LogP contribution is -2.45. The SMILES string of the molecule is Cl.NCC1CCCCC1NC(=O)C1CC1c1cccc(F)c1F. The largest absolute Gasteiger partial charge is 0.353 e. The molecule has 23 heavy (non-hydrogen) atoms. The van der Waals surface area contributed by atoms with E-state index < -0.39 is 11.6 Å². The van der Waals surface area contributed by atoms with Gasteiger partial charge in [0.15, 0.2) is 11.6 Å². The molecule has 3 rings (SSSR count). The van der Waals surface area contributed by atoms with E-state index in [1.54, 1.807) is 6.07 Å². The molecule has 4 unspecified atom stereocenters. The third kappa shape index (κ3) is 3.83. The van der Waals surface area contributed by atoms with Crippen LogP contribution in [0.2, 0.25) is 0 Å². The average Bonchev–Trinajstić information content (AvgIpc) is 3.31. The van der Waals surface area contributed by atoms with Crippen LogP contribution in [-0.4, -0.2) is 18.5 Å². The topological polar surface area (TPSA) is 55.1 Å². The molecule has 2 fully saturated rings. The van der Waals surface area contributed by atoms with Crippen LogP contribution in [0, 0.1) is 23.5 Å². The maximum absolute atomic E-state index is 13.8. The van der Waals surface area contributed by atoms with E-state index in [1.807, 2.05) is 0 Å². The van der Waals surface area contributed by atoms with Crippen molar-refractivity contribution >= 4 is 18.3 Å². The van der Waals surface area contributed by atoms with Crippen LogP contribution in [0.1, 0.15) is 43.6 Å². The van der Waals surface area contributed by atoms with Crippen LogP contribution >= 0.6 is 12.4 Å². The molecule has 6 heteroatoms. The molecule has 2 aliphatic rings. The molecule has 2 saturated carbocycles. The molecule has 0 saturated heterocycles. The molecule has 1 amide bonds. The lowest BCUT2D eigenvalue weighted by molar-refractivity contribution is -0.123. The van der Waals surface area contributed by atoms with E-state index >= 15 is 0 Å². The Hall–Kier alpha value is -1.20. The predicted octanol–water partition coefficient (Wildman–Crippen LogP) is 3.12. The van der Waals surface area contributed by atoms with Gasteiger partial charge in [0.05, 0.1) is 0 Å². The van der Waals surface area contributed by atoms with E-state index in [4.69, 9.17) is 5.73 Å². The zero-order chi connectivity index (χ0) is 15.7. The molecule has 3 N–H and O–H groups in total. The van der Waals surface area contributed by atoms with Gasteiger partial charge in [0.2, 0.25) is 5.91 Å². The summed E-state index contributed by atoms with van der Waals surface area (Å²) < 4.78 is 27.1. The fourth-order valence-corrected chi connectivity index (χ4v) is 3.60. The first-order valence-corrected chi connectivity index (χ1v) is 8.06. The first-order valence-electron chi connectivity index (χ1n) is 8.06. The normalized spacial score (nSPS) is 29.5. The highest BCUT2D eigenvalue weighted by atomic mass is 35.5. The van der Waals surface area contributed by atoms with Crippen LogP contribution in [0.3, 0.4) is 0 Å². The Bertz CT molecular complexity index is 570. The van der Waals surface area contributed by atoms with Gasteiger partial charge in [0.1, 0.15) is 0 Å². The van der Waals surface area contributed by atoms with Gasteiger partial charge in [0.25, 0.3) is 0 Å². The average molecular weight is 345 g/mol. The summed E-state index contributed by atoms with van der Waals surface area (Å²) in [4.78, 5) is 12.3. The Morgan fingerprint density at radius 2 is 2.00 bits per heavy atom. The molecule has 4 atom stereocenters. The summed E-state index contributed by atoms with van der Waals surface area (Å²) in [5.41, 5.74) is 6.09. The number of nitrogens with two attached hydrogens (primary N) is 1. The van der Waals surface area contributed by atoms with Crippen molar-refractivity contribution in [2.45, 2.75) is 44.1 Å². The standard InChI is InChI=1S/C17H22F2N2O.ClH/c18-14-6-3-5-11(16(14)19)12-8-13(12)17(22)21-15-7-2-1-4-10(15)9-20;/h3,5-6,10,12-13,15H,1-2,4,7-9,20H2,(H,21,22);1H. The van der Waals surface area contributed by atoms with Crippen LogP contribution < -0.4 is 11.1 Å². The van der Waals surface area contributed by atoms with E-state index in [1.165, 1.54) is 6.07 Å². The number of carbonyl (C=O) groups excluding carboxylic acids is 1. The van der Waals surface area contributed by atoms with E-state index in [0.29, 0.717) is 24.4 Å². The molecule has 3 nitrogen and oxygen atoms in total.